The second-order valence-electron chi connectivity index (χ2n) is 7.08. The Balaban J connectivity index is 1.85. The number of hydrogen-bond acceptors (Lipinski definition) is 4. The molecule has 29 heavy (non-hydrogen) atoms. The standard InChI is InChI=1S/C21H27N3O4S/c1-3-23(4-2)29(27,28)18-12-13-20(25)22(15-18)16-21(26)24-14-8-11-19(24)17-9-6-5-7-10-17/h5-7,9-10,12-13,15,19H,3-4,8,11,14,16H2,1-2H3. The molecule has 1 aromatic heterocycles. The van der Waals surface area contributed by atoms with Crippen molar-refractivity contribution in [2.24, 2.45) is 0 Å². The van der Waals surface area contributed by atoms with E-state index in [0.29, 0.717) is 19.6 Å². The molecule has 0 spiro atoms. The number of benzene rings is 1. The van der Waals surface area contributed by atoms with Crippen molar-refractivity contribution in [3.05, 3.63) is 64.6 Å². The van der Waals surface area contributed by atoms with Gasteiger partial charge in [-0.3, -0.25) is 9.59 Å². The molecule has 1 unspecified atom stereocenters. The first-order valence-electron chi connectivity index (χ1n) is 9.93. The molecule has 1 aromatic carbocycles. The fraction of sp³-hybridized carbons (Fsp3) is 0.429. The largest absolute Gasteiger partial charge is 0.334 e. The van der Waals surface area contributed by atoms with Gasteiger partial charge in [0.15, 0.2) is 0 Å². The molecule has 0 radical (unpaired) electrons. The Hall–Kier alpha value is -2.45. The molecule has 1 fully saturated rings. The monoisotopic (exact) mass is 417 g/mol. The molecule has 1 aliphatic rings. The van der Waals surface area contributed by atoms with Crippen LogP contribution >= 0.6 is 0 Å². The lowest BCUT2D eigenvalue weighted by molar-refractivity contribution is -0.132. The van der Waals surface area contributed by atoms with Gasteiger partial charge in [0.05, 0.1) is 10.9 Å². The summed E-state index contributed by atoms with van der Waals surface area (Å²) < 4.78 is 28.0. The fourth-order valence-electron chi connectivity index (χ4n) is 3.82. The van der Waals surface area contributed by atoms with Crippen LogP contribution in [0.2, 0.25) is 0 Å². The first-order valence-corrected chi connectivity index (χ1v) is 11.4. The summed E-state index contributed by atoms with van der Waals surface area (Å²) in [5.41, 5.74) is 0.677. The molecule has 2 aromatic rings. The maximum absolute atomic E-state index is 13.0. The van der Waals surface area contributed by atoms with Crippen LogP contribution in [0.1, 0.15) is 38.3 Å². The second kappa shape index (κ2) is 8.92. The molecule has 0 bridgehead atoms. The van der Waals surface area contributed by atoms with E-state index >= 15 is 0 Å². The number of sulfonamides is 1. The minimum absolute atomic E-state index is 0.0120. The molecule has 1 aliphatic heterocycles. The van der Waals surface area contributed by atoms with Crippen molar-refractivity contribution in [2.75, 3.05) is 19.6 Å². The van der Waals surface area contributed by atoms with Crippen LogP contribution in [0, 0.1) is 0 Å². The first-order chi connectivity index (χ1) is 13.9. The highest BCUT2D eigenvalue weighted by Crippen LogP contribution is 2.31. The van der Waals surface area contributed by atoms with Crippen LogP contribution in [-0.2, 0) is 21.4 Å². The number of nitrogens with zero attached hydrogens (tertiary/aromatic N) is 3. The molecule has 2 heterocycles. The molecule has 156 valence electrons. The van der Waals surface area contributed by atoms with Gasteiger partial charge in [0.1, 0.15) is 6.54 Å². The molecule has 7 nitrogen and oxygen atoms in total. The van der Waals surface area contributed by atoms with Gasteiger partial charge in [0.2, 0.25) is 15.9 Å². The van der Waals surface area contributed by atoms with E-state index in [1.807, 2.05) is 30.3 Å². The molecule has 0 saturated carbocycles. The summed E-state index contributed by atoms with van der Waals surface area (Å²) in [5, 5.41) is 0. The van der Waals surface area contributed by atoms with Gasteiger partial charge in [0.25, 0.3) is 5.56 Å². The van der Waals surface area contributed by atoms with Crippen LogP contribution in [0.25, 0.3) is 0 Å². The summed E-state index contributed by atoms with van der Waals surface area (Å²) in [6.07, 6.45) is 3.05. The van der Waals surface area contributed by atoms with Crippen molar-refractivity contribution < 1.29 is 13.2 Å². The summed E-state index contributed by atoms with van der Waals surface area (Å²) in [5.74, 6) is -0.184. The normalized spacial score (nSPS) is 17.1. The van der Waals surface area contributed by atoms with Gasteiger partial charge in [-0.15, -0.1) is 0 Å². The van der Waals surface area contributed by atoms with Gasteiger partial charge < -0.3 is 9.47 Å². The lowest BCUT2D eigenvalue weighted by Gasteiger charge is -2.25. The lowest BCUT2D eigenvalue weighted by atomic mass is 10.0. The Bertz CT molecular complexity index is 1010. The molecular formula is C21H27N3O4S. The molecule has 8 heteroatoms. The van der Waals surface area contributed by atoms with E-state index < -0.39 is 15.6 Å². The summed E-state index contributed by atoms with van der Waals surface area (Å²) in [6, 6.07) is 12.3. The molecule has 3 rings (SSSR count). The number of pyridine rings is 1. The topological polar surface area (TPSA) is 79.7 Å². The van der Waals surface area contributed by atoms with E-state index in [9.17, 15) is 18.0 Å². The summed E-state index contributed by atoms with van der Waals surface area (Å²) in [6.45, 7) is 4.65. The molecule has 0 aliphatic carbocycles. The highest BCUT2D eigenvalue weighted by Gasteiger charge is 2.30. The Morgan fingerprint density at radius 2 is 1.79 bits per heavy atom. The summed E-state index contributed by atoms with van der Waals surface area (Å²) in [4.78, 5) is 27.1. The van der Waals surface area contributed by atoms with Crippen molar-refractivity contribution in [1.82, 2.24) is 13.8 Å². The van der Waals surface area contributed by atoms with Gasteiger partial charge in [-0.1, -0.05) is 44.2 Å². The highest BCUT2D eigenvalue weighted by atomic mass is 32.2. The maximum atomic E-state index is 13.0. The fourth-order valence-corrected chi connectivity index (χ4v) is 5.30. The van der Waals surface area contributed by atoms with Crippen LogP contribution in [0.4, 0.5) is 0 Å². The number of aromatic nitrogens is 1. The third-order valence-corrected chi connectivity index (χ3v) is 7.40. The van der Waals surface area contributed by atoms with Crippen LogP contribution < -0.4 is 5.56 Å². The third-order valence-electron chi connectivity index (χ3n) is 5.36. The predicted octanol–water partition coefficient (Wildman–Crippen LogP) is 2.24. The number of hydrogen-bond donors (Lipinski definition) is 0. The van der Waals surface area contributed by atoms with E-state index in [2.05, 4.69) is 0 Å². The Morgan fingerprint density at radius 1 is 1.10 bits per heavy atom. The van der Waals surface area contributed by atoms with Crippen molar-refractivity contribution in [3.8, 4) is 0 Å². The van der Waals surface area contributed by atoms with Crippen molar-refractivity contribution >= 4 is 15.9 Å². The average Bonchev–Trinajstić information content (AvgIpc) is 3.21. The summed E-state index contributed by atoms with van der Waals surface area (Å²) in [7, 11) is -3.70. The Labute approximate surface area is 171 Å². The van der Waals surface area contributed by atoms with E-state index in [1.165, 1.54) is 27.2 Å². The van der Waals surface area contributed by atoms with Crippen molar-refractivity contribution in [1.29, 1.82) is 0 Å². The van der Waals surface area contributed by atoms with Crippen molar-refractivity contribution in [3.63, 3.8) is 0 Å². The van der Waals surface area contributed by atoms with Gasteiger partial charge in [-0.25, -0.2) is 8.42 Å². The molecule has 1 amide bonds. The predicted molar refractivity (Wildman–Crippen MR) is 111 cm³/mol. The SMILES string of the molecule is CCN(CC)S(=O)(=O)c1ccc(=O)n(CC(=O)N2CCCC2c2ccccc2)c1. The molecule has 1 atom stereocenters. The minimum Gasteiger partial charge on any atom is -0.334 e. The van der Waals surface area contributed by atoms with E-state index in [-0.39, 0.29) is 23.4 Å². The minimum atomic E-state index is -3.70. The number of carbonyl (C=O) groups is 1. The van der Waals surface area contributed by atoms with Crippen LogP contribution in [0.15, 0.2) is 58.4 Å². The Kier molecular flexibility index (Phi) is 6.54. The average molecular weight is 418 g/mol. The number of likely N-dealkylation sites (tertiary alicyclic amines) is 1. The lowest BCUT2D eigenvalue weighted by Crippen LogP contribution is -2.36. The van der Waals surface area contributed by atoms with Gasteiger partial charge in [-0.05, 0) is 24.5 Å². The smallest absolute Gasteiger partial charge is 0.251 e. The van der Waals surface area contributed by atoms with Crippen LogP contribution in [0.5, 0.6) is 0 Å². The molecule has 0 N–H and O–H groups in total. The quantitative estimate of drug-likeness (QED) is 0.692. The number of amides is 1. The second-order valence-corrected chi connectivity index (χ2v) is 9.01. The highest BCUT2D eigenvalue weighted by molar-refractivity contribution is 7.89. The van der Waals surface area contributed by atoms with Crippen LogP contribution in [-0.4, -0.2) is 47.7 Å². The Morgan fingerprint density at radius 3 is 2.45 bits per heavy atom. The van der Waals surface area contributed by atoms with Crippen LogP contribution in [0.3, 0.4) is 0 Å². The van der Waals surface area contributed by atoms with Gasteiger partial charge in [0, 0.05) is 31.9 Å². The van der Waals surface area contributed by atoms with E-state index in [1.54, 1.807) is 18.7 Å². The summed E-state index contributed by atoms with van der Waals surface area (Å²) >= 11 is 0. The molecule has 1 saturated heterocycles. The zero-order valence-electron chi connectivity index (χ0n) is 16.8. The first kappa shape index (κ1) is 21.3. The van der Waals surface area contributed by atoms with E-state index in [4.69, 9.17) is 0 Å². The van der Waals surface area contributed by atoms with Gasteiger partial charge in [-0.2, -0.15) is 4.31 Å². The number of carbonyl (C=O) groups excluding carboxylic acids is 1. The van der Waals surface area contributed by atoms with E-state index in [0.717, 1.165) is 18.4 Å². The molecular weight excluding hydrogens is 390 g/mol. The third kappa shape index (κ3) is 4.43. The number of rotatable bonds is 7. The maximum Gasteiger partial charge on any atom is 0.251 e. The zero-order chi connectivity index (χ0) is 21.0. The van der Waals surface area contributed by atoms with Gasteiger partial charge >= 0.3 is 0 Å². The zero-order valence-corrected chi connectivity index (χ0v) is 17.6. The van der Waals surface area contributed by atoms with Crippen molar-refractivity contribution in [2.45, 2.75) is 44.2 Å².